The summed E-state index contributed by atoms with van der Waals surface area (Å²) >= 11 is 1.49. The van der Waals surface area contributed by atoms with Crippen LogP contribution in [0.1, 0.15) is 4.88 Å². The minimum atomic E-state index is -0.573. The highest BCUT2D eigenvalue weighted by atomic mass is 32.1. The van der Waals surface area contributed by atoms with E-state index in [1.807, 2.05) is 17.5 Å². The Bertz CT molecular complexity index is 604. The van der Waals surface area contributed by atoms with E-state index in [0.717, 1.165) is 11.1 Å². The molecule has 0 atom stereocenters. The molecule has 8 nitrogen and oxygen atoms in total. The minimum Gasteiger partial charge on any atom is -0.271 e. The van der Waals surface area contributed by atoms with E-state index >= 15 is 0 Å². The zero-order valence-corrected chi connectivity index (χ0v) is 10.4. The molecule has 98 valence electrons. The number of hydrogen-bond donors (Lipinski definition) is 1. The zero-order valence-electron chi connectivity index (χ0n) is 9.59. The van der Waals surface area contributed by atoms with Crippen LogP contribution < -0.4 is 5.43 Å². The van der Waals surface area contributed by atoms with E-state index in [1.165, 1.54) is 28.4 Å². The minimum absolute atomic E-state index is 0.129. The molecule has 9 heteroatoms. The largest absolute Gasteiger partial charge is 0.307 e. The number of carbonyl (C=O) groups is 1. The van der Waals surface area contributed by atoms with Gasteiger partial charge in [-0.25, -0.2) is 5.43 Å². The fraction of sp³-hybridized carbons (Fsp3) is 0.100. The lowest BCUT2D eigenvalue weighted by atomic mass is 10.5. The van der Waals surface area contributed by atoms with Crippen LogP contribution in [0.4, 0.5) is 5.69 Å². The van der Waals surface area contributed by atoms with Gasteiger partial charge in [-0.15, -0.1) is 11.3 Å². The van der Waals surface area contributed by atoms with Gasteiger partial charge >= 0.3 is 5.69 Å². The Morgan fingerprint density at radius 1 is 1.68 bits per heavy atom. The van der Waals surface area contributed by atoms with Crippen molar-refractivity contribution < 1.29 is 9.72 Å². The van der Waals surface area contributed by atoms with E-state index < -0.39 is 10.8 Å². The van der Waals surface area contributed by atoms with Gasteiger partial charge in [0, 0.05) is 4.88 Å². The summed E-state index contributed by atoms with van der Waals surface area (Å²) in [5.74, 6) is -0.411. The highest BCUT2D eigenvalue weighted by Crippen LogP contribution is 2.07. The molecule has 0 unspecified atom stereocenters. The molecule has 0 aromatic carbocycles. The number of nitro groups is 1. The predicted molar refractivity (Wildman–Crippen MR) is 68.9 cm³/mol. The number of hydrazone groups is 1. The molecule has 1 amide bonds. The lowest BCUT2D eigenvalue weighted by Crippen LogP contribution is -2.23. The molecule has 2 aromatic rings. The Balaban J connectivity index is 1.85. The second-order valence-corrected chi connectivity index (χ2v) is 4.44. The Labute approximate surface area is 111 Å². The van der Waals surface area contributed by atoms with E-state index in [9.17, 15) is 14.9 Å². The van der Waals surface area contributed by atoms with Crippen LogP contribution in [0, 0.1) is 10.1 Å². The van der Waals surface area contributed by atoms with Crippen LogP contribution in [0.5, 0.6) is 0 Å². The molecular weight excluding hydrogens is 270 g/mol. The first-order valence-corrected chi connectivity index (χ1v) is 6.05. The third kappa shape index (κ3) is 3.71. The van der Waals surface area contributed by atoms with Gasteiger partial charge in [-0.05, 0) is 11.4 Å². The maximum Gasteiger partial charge on any atom is 0.307 e. The van der Waals surface area contributed by atoms with Gasteiger partial charge in [0.05, 0.1) is 11.1 Å². The highest BCUT2D eigenvalue weighted by Gasteiger charge is 2.10. The van der Waals surface area contributed by atoms with E-state index in [0.29, 0.717) is 0 Å². The summed E-state index contributed by atoms with van der Waals surface area (Å²) in [7, 11) is 0. The fourth-order valence-electron chi connectivity index (χ4n) is 1.25. The maximum absolute atomic E-state index is 11.5. The van der Waals surface area contributed by atoms with Gasteiger partial charge in [-0.3, -0.25) is 19.6 Å². The average Bonchev–Trinajstić information content (AvgIpc) is 3.00. The molecule has 0 aliphatic heterocycles. The monoisotopic (exact) mass is 279 g/mol. The Morgan fingerprint density at radius 2 is 2.53 bits per heavy atom. The van der Waals surface area contributed by atoms with Crippen molar-refractivity contribution in [1.29, 1.82) is 0 Å². The van der Waals surface area contributed by atoms with Gasteiger partial charge in [-0.1, -0.05) is 6.07 Å². The van der Waals surface area contributed by atoms with Crippen LogP contribution in [-0.4, -0.2) is 26.8 Å². The summed E-state index contributed by atoms with van der Waals surface area (Å²) in [6.45, 7) is -0.129. The van der Waals surface area contributed by atoms with Crippen LogP contribution in [0.3, 0.4) is 0 Å². The standard InChI is InChI=1S/C10H9N5O3S/c16-10(13-11-5-9-2-1-3-19-9)7-14-6-8(4-12-14)15(17)18/h1-6H,7H2,(H,13,16)/b11-5+. The number of nitrogens with one attached hydrogen (secondary N) is 1. The molecule has 0 aliphatic rings. The lowest BCUT2D eigenvalue weighted by molar-refractivity contribution is -0.385. The highest BCUT2D eigenvalue weighted by molar-refractivity contribution is 7.11. The first kappa shape index (κ1) is 12.9. The van der Waals surface area contributed by atoms with Crippen molar-refractivity contribution in [3.8, 4) is 0 Å². The first-order valence-electron chi connectivity index (χ1n) is 5.17. The van der Waals surface area contributed by atoms with Gasteiger partial charge in [0.15, 0.2) is 0 Å². The van der Waals surface area contributed by atoms with E-state index in [4.69, 9.17) is 0 Å². The van der Waals surface area contributed by atoms with Gasteiger partial charge in [-0.2, -0.15) is 10.2 Å². The molecule has 0 spiro atoms. The molecule has 2 heterocycles. The van der Waals surface area contributed by atoms with E-state index in [-0.39, 0.29) is 12.2 Å². The summed E-state index contributed by atoms with van der Waals surface area (Å²) in [6.07, 6.45) is 3.79. The quantitative estimate of drug-likeness (QED) is 0.501. The second-order valence-electron chi connectivity index (χ2n) is 3.46. The number of rotatable bonds is 5. The molecule has 0 aliphatic carbocycles. The normalized spacial score (nSPS) is 10.7. The Kier molecular flexibility index (Phi) is 3.98. The number of amides is 1. The molecular formula is C10H9N5O3S. The summed E-state index contributed by atoms with van der Waals surface area (Å²) in [4.78, 5) is 22.2. The van der Waals surface area contributed by atoms with Crippen molar-refractivity contribution in [3.05, 3.63) is 44.9 Å². The molecule has 2 rings (SSSR count). The summed E-state index contributed by atoms with van der Waals surface area (Å²) < 4.78 is 1.17. The van der Waals surface area contributed by atoms with Crippen LogP contribution in [-0.2, 0) is 11.3 Å². The summed E-state index contributed by atoms with van der Waals surface area (Å²) in [5, 5.41) is 19.8. The molecule has 0 fully saturated rings. The number of aromatic nitrogens is 2. The van der Waals surface area contributed by atoms with Gasteiger partial charge in [0.25, 0.3) is 5.91 Å². The van der Waals surface area contributed by atoms with Crippen LogP contribution in [0.2, 0.25) is 0 Å². The molecule has 2 aromatic heterocycles. The SMILES string of the molecule is O=C(Cn1cc([N+](=O)[O-])cn1)N/N=C/c1cccs1. The molecule has 19 heavy (non-hydrogen) atoms. The van der Waals surface area contributed by atoms with Crippen LogP contribution >= 0.6 is 11.3 Å². The van der Waals surface area contributed by atoms with Gasteiger partial charge < -0.3 is 0 Å². The predicted octanol–water partition coefficient (Wildman–Crippen LogP) is 1.00. The fourth-order valence-corrected chi connectivity index (χ4v) is 1.83. The smallest absolute Gasteiger partial charge is 0.271 e. The maximum atomic E-state index is 11.5. The molecule has 0 radical (unpaired) electrons. The van der Waals surface area contributed by atoms with E-state index in [2.05, 4.69) is 15.6 Å². The Morgan fingerprint density at radius 3 is 3.16 bits per heavy atom. The first-order chi connectivity index (χ1) is 9.15. The topological polar surface area (TPSA) is 102 Å². The molecule has 0 bridgehead atoms. The van der Waals surface area contributed by atoms with Crippen molar-refractivity contribution in [3.63, 3.8) is 0 Å². The Hall–Kier alpha value is -2.55. The molecule has 1 N–H and O–H groups in total. The number of hydrogen-bond acceptors (Lipinski definition) is 6. The van der Waals surface area contributed by atoms with Crippen molar-refractivity contribution in [2.24, 2.45) is 5.10 Å². The zero-order chi connectivity index (χ0) is 13.7. The second kappa shape index (κ2) is 5.87. The third-order valence-corrected chi connectivity index (χ3v) is 2.87. The number of nitrogens with zero attached hydrogens (tertiary/aromatic N) is 4. The summed E-state index contributed by atoms with van der Waals surface area (Å²) in [6, 6.07) is 3.73. The number of thiophene rings is 1. The molecule has 0 saturated heterocycles. The van der Waals surface area contributed by atoms with Crippen LogP contribution in [0.25, 0.3) is 0 Å². The van der Waals surface area contributed by atoms with Crippen LogP contribution in [0.15, 0.2) is 35.0 Å². The van der Waals surface area contributed by atoms with Crippen molar-refractivity contribution in [1.82, 2.24) is 15.2 Å². The number of carbonyl (C=O) groups excluding carboxylic acids is 1. The summed E-state index contributed by atoms with van der Waals surface area (Å²) in [5.41, 5.74) is 2.16. The van der Waals surface area contributed by atoms with Gasteiger partial charge in [0.2, 0.25) is 0 Å². The molecule has 0 saturated carbocycles. The average molecular weight is 279 g/mol. The van der Waals surface area contributed by atoms with E-state index in [1.54, 1.807) is 0 Å². The van der Waals surface area contributed by atoms with Crippen molar-refractivity contribution >= 4 is 29.1 Å². The van der Waals surface area contributed by atoms with Gasteiger partial charge in [0.1, 0.15) is 18.9 Å². The lowest BCUT2D eigenvalue weighted by Gasteiger charge is -1.98. The van der Waals surface area contributed by atoms with Crippen molar-refractivity contribution in [2.45, 2.75) is 6.54 Å². The van der Waals surface area contributed by atoms with Crippen molar-refractivity contribution in [2.75, 3.05) is 0 Å². The third-order valence-electron chi connectivity index (χ3n) is 2.06.